The summed E-state index contributed by atoms with van der Waals surface area (Å²) in [5.74, 6) is 0. The number of rotatable bonds is 7. The van der Waals surface area contributed by atoms with Crippen LogP contribution in [-0.4, -0.2) is 0 Å². The van der Waals surface area contributed by atoms with Gasteiger partial charge in [-0.25, -0.2) is 0 Å². The molecule has 0 saturated carbocycles. The van der Waals surface area contributed by atoms with Gasteiger partial charge in [0.15, 0.2) is 0 Å². The van der Waals surface area contributed by atoms with Crippen molar-refractivity contribution in [3.63, 3.8) is 0 Å². The van der Waals surface area contributed by atoms with Crippen molar-refractivity contribution in [2.24, 2.45) is 5.41 Å². The molecule has 0 fully saturated rings. The van der Waals surface area contributed by atoms with Crippen molar-refractivity contribution in [2.75, 3.05) is 0 Å². The second-order valence-electron chi connectivity index (χ2n) is 3.73. The van der Waals surface area contributed by atoms with Crippen LogP contribution in [0.25, 0.3) is 0 Å². The van der Waals surface area contributed by atoms with Crippen molar-refractivity contribution in [1.29, 1.82) is 0 Å². The van der Waals surface area contributed by atoms with E-state index in [1.54, 1.807) is 0 Å². The molecule has 0 nitrogen and oxygen atoms in total. The maximum atomic E-state index is 3.95. The van der Waals surface area contributed by atoms with Crippen molar-refractivity contribution >= 4 is 0 Å². The third-order valence-electron chi connectivity index (χ3n) is 3.12. The lowest BCUT2D eigenvalue weighted by Crippen LogP contribution is -2.14. The summed E-state index contributed by atoms with van der Waals surface area (Å²) in [4.78, 5) is 0. The minimum atomic E-state index is 0.440. The van der Waals surface area contributed by atoms with Gasteiger partial charge in [0.25, 0.3) is 0 Å². The molecule has 0 rings (SSSR count). The smallest absolute Gasteiger partial charge is 0.0126 e. The first kappa shape index (κ1) is 11.7. The van der Waals surface area contributed by atoms with Gasteiger partial charge in [-0.1, -0.05) is 46.1 Å². The van der Waals surface area contributed by atoms with Crippen LogP contribution in [0, 0.1) is 5.41 Å². The van der Waals surface area contributed by atoms with Gasteiger partial charge in [-0.15, -0.1) is 6.58 Å². The van der Waals surface area contributed by atoms with E-state index in [9.17, 15) is 0 Å². The minimum Gasteiger partial charge on any atom is -0.103 e. The van der Waals surface area contributed by atoms with Crippen LogP contribution >= 0.6 is 0 Å². The maximum absolute atomic E-state index is 3.95. The Hall–Kier alpha value is -0.260. The Balaban J connectivity index is 3.84. The fourth-order valence-corrected chi connectivity index (χ4v) is 1.72. The standard InChI is InChI=1S/C12H24/c1-5-9-10-11-12(6-2,7-3)8-4/h6H,2,5,7-11H2,1,3-4H3. The van der Waals surface area contributed by atoms with Gasteiger partial charge in [0, 0.05) is 0 Å². The third-order valence-corrected chi connectivity index (χ3v) is 3.12. The Kier molecular flexibility index (Phi) is 6.14. The Morgan fingerprint density at radius 1 is 1.08 bits per heavy atom. The van der Waals surface area contributed by atoms with Crippen molar-refractivity contribution in [2.45, 2.75) is 59.3 Å². The minimum absolute atomic E-state index is 0.440. The van der Waals surface area contributed by atoms with Crippen molar-refractivity contribution in [1.82, 2.24) is 0 Å². The average molecular weight is 168 g/mol. The van der Waals surface area contributed by atoms with E-state index in [0.717, 1.165) is 0 Å². The van der Waals surface area contributed by atoms with E-state index >= 15 is 0 Å². The lowest BCUT2D eigenvalue weighted by atomic mass is 9.78. The predicted molar refractivity (Wildman–Crippen MR) is 57.4 cm³/mol. The molecule has 0 unspecified atom stereocenters. The molecule has 0 saturated heterocycles. The summed E-state index contributed by atoms with van der Waals surface area (Å²) in [6.45, 7) is 10.8. The summed E-state index contributed by atoms with van der Waals surface area (Å²) in [6.07, 6.45) is 10.0. The monoisotopic (exact) mass is 168 g/mol. The number of unbranched alkanes of at least 4 members (excludes halogenated alkanes) is 2. The van der Waals surface area contributed by atoms with E-state index in [2.05, 4.69) is 33.4 Å². The zero-order chi connectivity index (χ0) is 9.45. The van der Waals surface area contributed by atoms with E-state index < -0.39 is 0 Å². The highest BCUT2D eigenvalue weighted by Gasteiger charge is 2.20. The molecular formula is C12H24. The van der Waals surface area contributed by atoms with E-state index in [4.69, 9.17) is 0 Å². The van der Waals surface area contributed by atoms with Gasteiger partial charge in [0.1, 0.15) is 0 Å². The molecule has 0 aliphatic carbocycles. The van der Waals surface area contributed by atoms with E-state index in [0.29, 0.717) is 5.41 Å². The molecule has 0 heteroatoms. The summed E-state index contributed by atoms with van der Waals surface area (Å²) in [5, 5.41) is 0. The normalized spacial score (nSPS) is 11.6. The molecule has 12 heavy (non-hydrogen) atoms. The van der Waals surface area contributed by atoms with E-state index in [1.807, 2.05) is 0 Å². The molecule has 0 aliphatic rings. The van der Waals surface area contributed by atoms with Gasteiger partial charge in [-0.2, -0.15) is 0 Å². The summed E-state index contributed by atoms with van der Waals surface area (Å²) >= 11 is 0. The topological polar surface area (TPSA) is 0 Å². The molecular weight excluding hydrogens is 144 g/mol. The van der Waals surface area contributed by atoms with Crippen molar-refractivity contribution in [3.8, 4) is 0 Å². The van der Waals surface area contributed by atoms with Crippen molar-refractivity contribution in [3.05, 3.63) is 12.7 Å². The predicted octanol–water partition coefficient (Wildman–Crippen LogP) is 4.56. The maximum Gasteiger partial charge on any atom is -0.0126 e. The van der Waals surface area contributed by atoms with Gasteiger partial charge < -0.3 is 0 Å². The number of allylic oxidation sites excluding steroid dienone is 1. The molecule has 0 spiro atoms. The quantitative estimate of drug-likeness (QED) is 0.386. The van der Waals surface area contributed by atoms with Crippen LogP contribution in [0.5, 0.6) is 0 Å². The van der Waals surface area contributed by atoms with Gasteiger partial charge >= 0.3 is 0 Å². The fraction of sp³-hybridized carbons (Fsp3) is 0.833. The van der Waals surface area contributed by atoms with Gasteiger partial charge in [-0.05, 0) is 24.7 Å². The fourth-order valence-electron chi connectivity index (χ4n) is 1.72. The zero-order valence-corrected chi connectivity index (χ0v) is 9.03. The van der Waals surface area contributed by atoms with Gasteiger partial charge in [-0.3, -0.25) is 0 Å². The molecule has 72 valence electrons. The Bertz CT molecular complexity index is 109. The molecule has 0 aromatic rings. The van der Waals surface area contributed by atoms with Crippen LogP contribution in [0.2, 0.25) is 0 Å². The Morgan fingerprint density at radius 2 is 1.67 bits per heavy atom. The van der Waals surface area contributed by atoms with E-state index in [1.165, 1.54) is 38.5 Å². The van der Waals surface area contributed by atoms with Crippen LogP contribution in [-0.2, 0) is 0 Å². The van der Waals surface area contributed by atoms with Crippen molar-refractivity contribution < 1.29 is 0 Å². The Labute approximate surface area is 78.1 Å². The first-order chi connectivity index (χ1) is 5.74. The van der Waals surface area contributed by atoms with Crippen LogP contribution in [0.3, 0.4) is 0 Å². The molecule has 0 amide bonds. The SMILES string of the molecule is C=CC(CC)(CC)CCCCC. The Morgan fingerprint density at radius 3 is 2.00 bits per heavy atom. The summed E-state index contributed by atoms with van der Waals surface area (Å²) in [6, 6.07) is 0. The molecule has 0 aromatic carbocycles. The van der Waals surface area contributed by atoms with Crippen LogP contribution < -0.4 is 0 Å². The lowest BCUT2D eigenvalue weighted by Gasteiger charge is -2.27. The summed E-state index contributed by atoms with van der Waals surface area (Å²) in [7, 11) is 0. The molecule has 0 radical (unpaired) electrons. The molecule has 0 N–H and O–H groups in total. The highest BCUT2D eigenvalue weighted by atomic mass is 14.2. The molecule has 0 aliphatic heterocycles. The molecule has 0 bridgehead atoms. The third kappa shape index (κ3) is 3.42. The second-order valence-corrected chi connectivity index (χ2v) is 3.73. The molecule has 0 aromatic heterocycles. The first-order valence-corrected chi connectivity index (χ1v) is 5.38. The van der Waals surface area contributed by atoms with E-state index in [-0.39, 0.29) is 0 Å². The summed E-state index contributed by atoms with van der Waals surface area (Å²) in [5.41, 5.74) is 0.440. The number of hydrogen-bond donors (Lipinski definition) is 0. The number of hydrogen-bond acceptors (Lipinski definition) is 0. The molecule has 0 atom stereocenters. The highest BCUT2D eigenvalue weighted by Crippen LogP contribution is 2.33. The summed E-state index contributed by atoms with van der Waals surface area (Å²) < 4.78 is 0. The van der Waals surface area contributed by atoms with Gasteiger partial charge in [0.05, 0.1) is 0 Å². The average Bonchev–Trinajstić information content (AvgIpc) is 2.14. The van der Waals surface area contributed by atoms with Crippen LogP contribution in [0.4, 0.5) is 0 Å². The first-order valence-electron chi connectivity index (χ1n) is 5.38. The lowest BCUT2D eigenvalue weighted by molar-refractivity contribution is 0.312. The van der Waals surface area contributed by atoms with Crippen LogP contribution in [0.15, 0.2) is 12.7 Å². The second kappa shape index (κ2) is 6.28. The van der Waals surface area contributed by atoms with Crippen LogP contribution in [0.1, 0.15) is 59.3 Å². The zero-order valence-electron chi connectivity index (χ0n) is 9.03. The highest BCUT2D eigenvalue weighted by molar-refractivity contribution is 4.92. The largest absolute Gasteiger partial charge is 0.103 e. The molecule has 0 heterocycles. The van der Waals surface area contributed by atoms with Gasteiger partial charge in [0.2, 0.25) is 0 Å².